The van der Waals surface area contributed by atoms with E-state index in [1.807, 2.05) is 24.3 Å². The van der Waals surface area contributed by atoms with Crippen molar-refractivity contribution in [2.24, 2.45) is 0 Å². The molecule has 1 heterocycles. The molecule has 0 saturated carbocycles. The topological polar surface area (TPSA) is 84.2 Å². The van der Waals surface area contributed by atoms with E-state index in [0.29, 0.717) is 44.9 Å². The first kappa shape index (κ1) is 23.9. The lowest BCUT2D eigenvalue weighted by Gasteiger charge is -2.21. The average molecular weight is 475 g/mol. The number of ether oxygens (including phenoxy) is 4. The van der Waals surface area contributed by atoms with Gasteiger partial charge in [0, 0.05) is 11.5 Å². The van der Waals surface area contributed by atoms with Gasteiger partial charge >= 0.3 is 5.97 Å². The Balaban J connectivity index is 1.92. The Hall–Kier alpha value is -4.26. The molecule has 0 amide bonds. The smallest absolute Gasteiger partial charge is 0.306 e. The van der Waals surface area contributed by atoms with Crippen LogP contribution in [0.25, 0.3) is 22.1 Å². The van der Waals surface area contributed by atoms with E-state index in [-0.39, 0.29) is 11.8 Å². The van der Waals surface area contributed by atoms with Gasteiger partial charge < -0.3 is 23.4 Å². The van der Waals surface area contributed by atoms with Crippen LogP contribution in [0.4, 0.5) is 0 Å². The maximum atomic E-state index is 13.5. The second kappa shape index (κ2) is 10.3. The monoisotopic (exact) mass is 474 g/mol. The van der Waals surface area contributed by atoms with Crippen molar-refractivity contribution in [1.29, 1.82) is 0 Å². The molecule has 0 aliphatic rings. The van der Waals surface area contributed by atoms with E-state index < -0.39 is 11.9 Å². The van der Waals surface area contributed by atoms with Gasteiger partial charge in [0.05, 0.1) is 45.8 Å². The normalized spacial score (nSPS) is 11.7. The summed E-state index contributed by atoms with van der Waals surface area (Å²) in [7, 11) is 6.05. The first-order chi connectivity index (χ1) is 17.0. The molecule has 0 saturated heterocycles. The van der Waals surface area contributed by atoms with Crippen LogP contribution in [0, 0.1) is 0 Å². The van der Waals surface area contributed by atoms with Crippen molar-refractivity contribution < 1.29 is 28.2 Å². The number of esters is 1. The third kappa shape index (κ3) is 4.71. The number of hydrogen-bond acceptors (Lipinski definition) is 7. The number of carbonyl (C=O) groups is 1. The molecule has 0 unspecified atom stereocenters. The predicted octanol–water partition coefficient (Wildman–Crippen LogP) is 5.18. The Morgan fingerprint density at radius 1 is 0.829 bits per heavy atom. The summed E-state index contributed by atoms with van der Waals surface area (Å²) < 4.78 is 27.2. The predicted molar refractivity (Wildman–Crippen MR) is 132 cm³/mol. The minimum atomic E-state index is -0.484. The van der Waals surface area contributed by atoms with Gasteiger partial charge in [-0.2, -0.15) is 0 Å². The van der Waals surface area contributed by atoms with E-state index in [1.54, 1.807) is 50.6 Å². The van der Waals surface area contributed by atoms with E-state index in [0.717, 1.165) is 5.56 Å². The SMILES string of the molecule is COC(=O)C[C@H](c1ccc(OC)cc1)c1c(OC)ccc2c(=O)c(-c3ccc(OC)cc3)coc12. The lowest BCUT2D eigenvalue weighted by atomic mass is 9.86. The number of carbonyl (C=O) groups excluding carboxylic acids is 1. The molecule has 4 rings (SSSR count). The summed E-state index contributed by atoms with van der Waals surface area (Å²) in [6.07, 6.45) is 1.47. The highest BCUT2D eigenvalue weighted by Crippen LogP contribution is 2.40. The lowest BCUT2D eigenvalue weighted by molar-refractivity contribution is -0.140. The zero-order valence-electron chi connectivity index (χ0n) is 20.0. The summed E-state index contributed by atoms with van der Waals surface area (Å²) in [5.74, 6) is 0.994. The fourth-order valence-electron chi connectivity index (χ4n) is 4.15. The molecule has 3 aromatic carbocycles. The minimum Gasteiger partial charge on any atom is -0.497 e. The fourth-order valence-corrected chi connectivity index (χ4v) is 4.15. The zero-order valence-corrected chi connectivity index (χ0v) is 20.0. The van der Waals surface area contributed by atoms with Gasteiger partial charge in [0.1, 0.15) is 29.1 Å². The molecule has 0 bridgehead atoms. The number of benzene rings is 3. The summed E-state index contributed by atoms with van der Waals surface area (Å²) in [5.41, 5.74) is 2.72. The molecule has 7 heteroatoms. The van der Waals surface area contributed by atoms with Crippen LogP contribution in [0.2, 0.25) is 0 Å². The van der Waals surface area contributed by atoms with Gasteiger partial charge in [-0.15, -0.1) is 0 Å². The third-order valence-electron chi connectivity index (χ3n) is 6.03. The van der Waals surface area contributed by atoms with Crippen LogP contribution in [0.3, 0.4) is 0 Å². The van der Waals surface area contributed by atoms with Crippen molar-refractivity contribution in [3.8, 4) is 28.4 Å². The van der Waals surface area contributed by atoms with E-state index >= 15 is 0 Å². The van der Waals surface area contributed by atoms with Crippen LogP contribution in [0.5, 0.6) is 17.2 Å². The molecule has 1 aromatic heterocycles. The molecule has 0 fully saturated rings. The largest absolute Gasteiger partial charge is 0.497 e. The van der Waals surface area contributed by atoms with Gasteiger partial charge in [0.2, 0.25) is 5.43 Å². The van der Waals surface area contributed by atoms with Crippen molar-refractivity contribution >= 4 is 16.9 Å². The molecule has 35 heavy (non-hydrogen) atoms. The average Bonchev–Trinajstić information content (AvgIpc) is 2.91. The summed E-state index contributed by atoms with van der Waals surface area (Å²) in [6, 6.07) is 18.0. The van der Waals surface area contributed by atoms with E-state index in [1.165, 1.54) is 20.5 Å². The van der Waals surface area contributed by atoms with E-state index in [4.69, 9.17) is 23.4 Å². The molecule has 0 aliphatic heterocycles. The molecule has 0 radical (unpaired) electrons. The molecule has 0 N–H and O–H groups in total. The fraction of sp³-hybridized carbons (Fsp3) is 0.214. The molecule has 1 atom stereocenters. The lowest BCUT2D eigenvalue weighted by Crippen LogP contribution is -2.13. The highest BCUT2D eigenvalue weighted by molar-refractivity contribution is 5.87. The molecule has 4 aromatic rings. The van der Waals surface area contributed by atoms with Crippen LogP contribution < -0.4 is 19.6 Å². The highest BCUT2D eigenvalue weighted by Gasteiger charge is 2.27. The minimum absolute atomic E-state index is 0.0300. The summed E-state index contributed by atoms with van der Waals surface area (Å²) in [4.78, 5) is 25.9. The maximum absolute atomic E-state index is 13.5. The standard InChI is InChI=1S/C28H26O7/c1-31-19-9-5-17(6-10-19)22(15-25(29)34-4)26-24(33-3)14-13-21-27(30)23(16-35-28(21)26)18-7-11-20(32-2)12-8-18/h5-14,16,22H,15H2,1-4H3/t22-/m1/s1. The second-order valence-corrected chi connectivity index (χ2v) is 7.87. The highest BCUT2D eigenvalue weighted by atomic mass is 16.5. The second-order valence-electron chi connectivity index (χ2n) is 7.87. The van der Waals surface area contributed by atoms with Crippen LogP contribution >= 0.6 is 0 Å². The van der Waals surface area contributed by atoms with Crippen LogP contribution in [0.15, 0.2) is 76.1 Å². The number of hydrogen-bond donors (Lipinski definition) is 0. The Kier molecular flexibility index (Phi) is 7.06. The number of methoxy groups -OCH3 is 4. The van der Waals surface area contributed by atoms with Crippen LogP contribution in [0.1, 0.15) is 23.5 Å². The van der Waals surface area contributed by atoms with Gasteiger partial charge in [-0.25, -0.2) is 0 Å². The Bertz CT molecular complexity index is 1390. The van der Waals surface area contributed by atoms with E-state index in [2.05, 4.69) is 0 Å². The molecular formula is C28H26O7. The van der Waals surface area contributed by atoms with Crippen LogP contribution in [-0.4, -0.2) is 34.4 Å². The Morgan fingerprint density at radius 2 is 1.46 bits per heavy atom. The van der Waals surface area contributed by atoms with Gasteiger partial charge in [0.15, 0.2) is 0 Å². The number of rotatable bonds is 8. The van der Waals surface area contributed by atoms with Crippen molar-refractivity contribution in [3.05, 3.63) is 88.3 Å². The summed E-state index contributed by atoms with van der Waals surface area (Å²) >= 11 is 0. The Morgan fingerprint density at radius 3 is 2.03 bits per heavy atom. The van der Waals surface area contributed by atoms with Crippen LogP contribution in [-0.2, 0) is 9.53 Å². The van der Waals surface area contributed by atoms with Crippen molar-refractivity contribution in [3.63, 3.8) is 0 Å². The first-order valence-electron chi connectivity index (χ1n) is 11.0. The first-order valence-corrected chi connectivity index (χ1v) is 11.0. The summed E-state index contributed by atoms with van der Waals surface area (Å²) in [6.45, 7) is 0. The molecular weight excluding hydrogens is 448 g/mol. The summed E-state index contributed by atoms with van der Waals surface area (Å²) in [5, 5.41) is 0.387. The van der Waals surface area contributed by atoms with E-state index in [9.17, 15) is 9.59 Å². The zero-order chi connectivity index (χ0) is 24.9. The third-order valence-corrected chi connectivity index (χ3v) is 6.03. The molecule has 0 spiro atoms. The molecule has 0 aliphatic carbocycles. The maximum Gasteiger partial charge on any atom is 0.306 e. The quantitative estimate of drug-likeness (QED) is 0.325. The van der Waals surface area contributed by atoms with Gasteiger partial charge in [-0.1, -0.05) is 24.3 Å². The van der Waals surface area contributed by atoms with Crippen molar-refractivity contribution in [2.75, 3.05) is 28.4 Å². The van der Waals surface area contributed by atoms with Gasteiger partial charge in [0.25, 0.3) is 0 Å². The van der Waals surface area contributed by atoms with Gasteiger partial charge in [-0.3, -0.25) is 9.59 Å². The Labute approximate surface area is 202 Å². The molecule has 180 valence electrons. The van der Waals surface area contributed by atoms with Crippen molar-refractivity contribution in [2.45, 2.75) is 12.3 Å². The van der Waals surface area contributed by atoms with Crippen molar-refractivity contribution in [1.82, 2.24) is 0 Å². The number of fused-ring (bicyclic) bond motifs is 1. The molecule has 7 nitrogen and oxygen atoms in total. The van der Waals surface area contributed by atoms with Gasteiger partial charge in [-0.05, 0) is 47.5 Å².